The van der Waals surface area contributed by atoms with Crippen molar-refractivity contribution in [2.24, 2.45) is 5.92 Å². The number of ether oxygens (including phenoxy) is 1. The Morgan fingerprint density at radius 1 is 1.29 bits per heavy atom. The molecule has 0 spiro atoms. The lowest BCUT2D eigenvalue weighted by Crippen LogP contribution is -2.34. The van der Waals surface area contributed by atoms with E-state index in [0.717, 1.165) is 59.3 Å². The third-order valence-corrected chi connectivity index (χ3v) is 6.89. The van der Waals surface area contributed by atoms with E-state index in [4.69, 9.17) is 4.74 Å². The lowest BCUT2D eigenvalue weighted by molar-refractivity contribution is 0.0934. The number of amides is 1. The number of pyridine rings is 1. The van der Waals surface area contributed by atoms with Crippen molar-refractivity contribution in [3.05, 3.63) is 42.5 Å². The first-order valence-corrected chi connectivity index (χ1v) is 12.4. The van der Waals surface area contributed by atoms with Crippen LogP contribution >= 0.6 is 0 Å². The molecule has 4 aromatic rings. The van der Waals surface area contributed by atoms with Gasteiger partial charge in [-0.1, -0.05) is 19.8 Å². The SMILES string of the molecule is COC[C@H](C)Nc1ncc2c(-c3ccn4ncc(C(=O)NC5CCCC(C)CC5)c4c3)c[nH]c2n1. The number of carbonyl (C=O) groups excluding carboxylic acids is 1. The highest BCUT2D eigenvalue weighted by Gasteiger charge is 2.21. The summed E-state index contributed by atoms with van der Waals surface area (Å²) in [5, 5.41) is 11.8. The van der Waals surface area contributed by atoms with Gasteiger partial charge in [-0.05, 0) is 49.8 Å². The van der Waals surface area contributed by atoms with Crippen molar-refractivity contribution in [3.8, 4) is 11.1 Å². The van der Waals surface area contributed by atoms with E-state index < -0.39 is 0 Å². The van der Waals surface area contributed by atoms with Crippen LogP contribution in [0.25, 0.3) is 27.7 Å². The standard InChI is InChI=1S/C26H33N7O2/c1-16-5-4-6-19(8-7-16)31-25(34)22-14-29-33-10-9-18(11-23(22)33)20-12-27-24-21(20)13-28-26(32-24)30-17(2)15-35-3/h9-14,16-17,19H,4-8,15H2,1-3H3,(H,31,34)(H2,27,28,30,32)/t16?,17-,19?/m0/s1. The van der Waals surface area contributed by atoms with Gasteiger partial charge < -0.3 is 20.4 Å². The summed E-state index contributed by atoms with van der Waals surface area (Å²) in [5.41, 5.74) is 4.07. The van der Waals surface area contributed by atoms with E-state index in [0.29, 0.717) is 18.1 Å². The van der Waals surface area contributed by atoms with Gasteiger partial charge in [0.1, 0.15) is 5.65 Å². The van der Waals surface area contributed by atoms with Crippen LogP contribution in [0.1, 0.15) is 56.3 Å². The topological polar surface area (TPSA) is 109 Å². The average molecular weight is 476 g/mol. The van der Waals surface area contributed by atoms with Gasteiger partial charge in [0.2, 0.25) is 5.95 Å². The number of methoxy groups -OCH3 is 1. The van der Waals surface area contributed by atoms with Crippen LogP contribution in [0.3, 0.4) is 0 Å². The Labute approximate surface area is 204 Å². The van der Waals surface area contributed by atoms with E-state index in [1.54, 1.807) is 17.8 Å². The molecule has 1 aliphatic carbocycles. The molecule has 35 heavy (non-hydrogen) atoms. The Kier molecular flexibility index (Phi) is 6.68. The summed E-state index contributed by atoms with van der Waals surface area (Å²) in [5.74, 6) is 1.23. The zero-order valence-electron chi connectivity index (χ0n) is 20.5. The molecule has 0 aliphatic heterocycles. The van der Waals surface area contributed by atoms with Gasteiger partial charge in [0.25, 0.3) is 5.91 Å². The number of carbonyl (C=O) groups is 1. The molecule has 1 saturated carbocycles. The molecular formula is C26H33N7O2. The molecule has 9 nitrogen and oxygen atoms in total. The minimum absolute atomic E-state index is 0.0557. The molecule has 3 N–H and O–H groups in total. The van der Waals surface area contributed by atoms with E-state index in [-0.39, 0.29) is 18.0 Å². The lowest BCUT2D eigenvalue weighted by Gasteiger charge is -2.16. The van der Waals surface area contributed by atoms with Gasteiger partial charge in [-0.2, -0.15) is 10.1 Å². The third-order valence-electron chi connectivity index (χ3n) is 6.89. The molecule has 3 atom stereocenters. The van der Waals surface area contributed by atoms with Crippen LogP contribution < -0.4 is 10.6 Å². The second kappa shape index (κ2) is 10.0. The molecule has 1 fully saturated rings. The van der Waals surface area contributed by atoms with Crippen molar-refractivity contribution in [2.75, 3.05) is 19.0 Å². The number of nitrogens with one attached hydrogen (secondary N) is 3. The number of aromatic nitrogens is 5. The minimum atomic E-state index is -0.0557. The van der Waals surface area contributed by atoms with E-state index in [1.165, 1.54) is 6.42 Å². The first-order chi connectivity index (χ1) is 17.0. The molecule has 9 heteroatoms. The first kappa shape index (κ1) is 23.3. The summed E-state index contributed by atoms with van der Waals surface area (Å²) < 4.78 is 6.92. The number of fused-ring (bicyclic) bond motifs is 2. The second-order valence-electron chi connectivity index (χ2n) is 9.75. The first-order valence-electron chi connectivity index (χ1n) is 12.4. The molecule has 0 radical (unpaired) electrons. The van der Waals surface area contributed by atoms with Crippen molar-refractivity contribution >= 4 is 28.4 Å². The molecular weight excluding hydrogens is 442 g/mol. The molecule has 1 amide bonds. The minimum Gasteiger partial charge on any atom is -0.383 e. The van der Waals surface area contributed by atoms with Crippen molar-refractivity contribution in [3.63, 3.8) is 0 Å². The van der Waals surface area contributed by atoms with E-state index >= 15 is 0 Å². The summed E-state index contributed by atoms with van der Waals surface area (Å²) >= 11 is 0. The monoisotopic (exact) mass is 475 g/mol. The lowest BCUT2D eigenvalue weighted by atomic mass is 10.0. The van der Waals surface area contributed by atoms with E-state index in [9.17, 15) is 4.79 Å². The van der Waals surface area contributed by atoms with E-state index in [2.05, 4.69) is 37.6 Å². The Balaban J connectivity index is 1.39. The molecule has 1 aliphatic rings. The fourth-order valence-electron chi connectivity index (χ4n) is 4.95. The molecule has 0 aromatic carbocycles. The second-order valence-corrected chi connectivity index (χ2v) is 9.75. The largest absolute Gasteiger partial charge is 0.383 e. The number of aromatic amines is 1. The quantitative estimate of drug-likeness (QED) is 0.342. The van der Waals surface area contributed by atoms with Crippen LogP contribution in [0, 0.1) is 5.92 Å². The Hall–Kier alpha value is -3.46. The molecule has 4 aromatic heterocycles. The normalized spacial score (nSPS) is 19.5. The van der Waals surface area contributed by atoms with Crippen LogP contribution in [0.4, 0.5) is 5.95 Å². The summed E-state index contributed by atoms with van der Waals surface area (Å²) in [7, 11) is 1.67. The van der Waals surface area contributed by atoms with Gasteiger partial charge in [-0.25, -0.2) is 9.50 Å². The maximum absolute atomic E-state index is 13.2. The van der Waals surface area contributed by atoms with Gasteiger partial charge in [-0.3, -0.25) is 4.79 Å². The number of rotatable bonds is 7. The summed E-state index contributed by atoms with van der Waals surface area (Å²) in [6.07, 6.45) is 12.9. The molecule has 0 saturated heterocycles. The van der Waals surface area contributed by atoms with Gasteiger partial charge in [-0.15, -0.1) is 0 Å². The fraction of sp³-hybridized carbons (Fsp3) is 0.462. The molecule has 184 valence electrons. The van der Waals surface area contributed by atoms with Gasteiger partial charge in [0, 0.05) is 48.7 Å². The average Bonchev–Trinajstić information content (AvgIpc) is 3.40. The molecule has 2 unspecified atom stereocenters. The Morgan fingerprint density at radius 3 is 3.03 bits per heavy atom. The predicted octanol–water partition coefficient (Wildman–Crippen LogP) is 4.42. The number of H-pyrrole nitrogens is 1. The highest BCUT2D eigenvalue weighted by Crippen LogP contribution is 2.30. The number of hydrogen-bond donors (Lipinski definition) is 3. The van der Waals surface area contributed by atoms with Crippen LogP contribution in [-0.2, 0) is 4.74 Å². The summed E-state index contributed by atoms with van der Waals surface area (Å²) in [6, 6.07) is 4.32. The molecule has 5 rings (SSSR count). The summed E-state index contributed by atoms with van der Waals surface area (Å²) in [4.78, 5) is 25.5. The predicted molar refractivity (Wildman–Crippen MR) is 137 cm³/mol. The number of anilines is 1. The van der Waals surface area contributed by atoms with Gasteiger partial charge in [0.05, 0.1) is 23.9 Å². The number of nitrogens with zero attached hydrogens (tertiary/aromatic N) is 4. The molecule has 0 bridgehead atoms. The summed E-state index contributed by atoms with van der Waals surface area (Å²) in [6.45, 7) is 4.88. The van der Waals surface area contributed by atoms with Crippen LogP contribution in [0.15, 0.2) is 36.9 Å². The van der Waals surface area contributed by atoms with Gasteiger partial charge in [0.15, 0.2) is 0 Å². The zero-order valence-corrected chi connectivity index (χ0v) is 20.5. The third kappa shape index (κ3) is 5.00. The van der Waals surface area contributed by atoms with Crippen molar-refractivity contribution < 1.29 is 9.53 Å². The smallest absolute Gasteiger partial charge is 0.255 e. The van der Waals surface area contributed by atoms with Crippen LogP contribution in [0.5, 0.6) is 0 Å². The highest BCUT2D eigenvalue weighted by molar-refractivity contribution is 6.02. The maximum atomic E-state index is 13.2. The van der Waals surface area contributed by atoms with Crippen LogP contribution in [0.2, 0.25) is 0 Å². The maximum Gasteiger partial charge on any atom is 0.255 e. The van der Waals surface area contributed by atoms with Crippen LogP contribution in [-0.4, -0.2) is 56.3 Å². The van der Waals surface area contributed by atoms with Crippen molar-refractivity contribution in [1.29, 1.82) is 0 Å². The van der Waals surface area contributed by atoms with Crippen molar-refractivity contribution in [2.45, 2.75) is 58.0 Å². The fourth-order valence-corrected chi connectivity index (χ4v) is 4.95. The highest BCUT2D eigenvalue weighted by atomic mass is 16.5. The molecule has 4 heterocycles. The van der Waals surface area contributed by atoms with E-state index in [1.807, 2.05) is 37.6 Å². The Bertz CT molecular complexity index is 1330. The van der Waals surface area contributed by atoms with Gasteiger partial charge >= 0.3 is 0 Å². The Morgan fingerprint density at radius 2 is 2.17 bits per heavy atom. The van der Waals surface area contributed by atoms with Crippen molar-refractivity contribution in [1.82, 2.24) is 29.9 Å². The zero-order chi connectivity index (χ0) is 24.4. The number of hydrogen-bond acceptors (Lipinski definition) is 6.